The van der Waals surface area contributed by atoms with Crippen molar-refractivity contribution in [1.82, 2.24) is 5.32 Å². The predicted octanol–water partition coefficient (Wildman–Crippen LogP) is 3.38. The number of hydrogen-bond acceptors (Lipinski definition) is 2. The minimum atomic E-state index is -0.109. The lowest BCUT2D eigenvalue weighted by Crippen LogP contribution is -2.43. The number of rotatable bonds is 3. The lowest BCUT2D eigenvalue weighted by molar-refractivity contribution is 0.0872. The van der Waals surface area contributed by atoms with Gasteiger partial charge in [0, 0.05) is 28.6 Å². The van der Waals surface area contributed by atoms with Crippen LogP contribution in [0.15, 0.2) is 22.7 Å². The van der Waals surface area contributed by atoms with Gasteiger partial charge in [0.1, 0.15) is 0 Å². The molecule has 1 fully saturated rings. The molecule has 2 atom stereocenters. The van der Waals surface area contributed by atoms with E-state index in [1.807, 2.05) is 0 Å². The largest absolute Gasteiger partial charge is 0.396 e. The molecule has 1 amide bonds. The molecular formula is C14H17BrClNO2. The normalized spacial score (nSPS) is 23.1. The zero-order valence-electron chi connectivity index (χ0n) is 10.5. The number of aliphatic hydroxyl groups excluding tert-OH is 1. The average Bonchev–Trinajstić information content (AvgIpc) is 2.42. The van der Waals surface area contributed by atoms with Crippen LogP contribution in [0.2, 0.25) is 5.02 Å². The van der Waals surface area contributed by atoms with Crippen molar-refractivity contribution in [1.29, 1.82) is 0 Å². The highest BCUT2D eigenvalue weighted by atomic mass is 79.9. The van der Waals surface area contributed by atoms with Gasteiger partial charge >= 0.3 is 0 Å². The van der Waals surface area contributed by atoms with E-state index in [1.165, 1.54) is 0 Å². The minimum Gasteiger partial charge on any atom is -0.396 e. The van der Waals surface area contributed by atoms with Crippen molar-refractivity contribution in [3.8, 4) is 0 Å². The maximum absolute atomic E-state index is 12.2. The van der Waals surface area contributed by atoms with Gasteiger partial charge in [-0.1, -0.05) is 24.4 Å². The Kier molecular flexibility index (Phi) is 5.25. The zero-order valence-corrected chi connectivity index (χ0v) is 12.9. The SMILES string of the molecule is O=C(NC1CCCCC1CO)c1ccc(Cl)c(Br)c1. The summed E-state index contributed by atoms with van der Waals surface area (Å²) in [5, 5.41) is 13.0. The molecule has 0 bridgehead atoms. The van der Waals surface area contributed by atoms with Crippen molar-refractivity contribution in [2.24, 2.45) is 5.92 Å². The molecule has 2 N–H and O–H groups in total. The van der Waals surface area contributed by atoms with E-state index >= 15 is 0 Å². The van der Waals surface area contributed by atoms with E-state index in [-0.39, 0.29) is 24.5 Å². The van der Waals surface area contributed by atoms with E-state index in [9.17, 15) is 9.90 Å². The van der Waals surface area contributed by atoms with Crippen molar-refractivity contribution in [3.63, 3.8) is 0 Å². The van der Waals surface area contributed by atoms with Crippen molar-refractivity contribution >= 4 is 33.4 Å². The molecule has 1 saturated carbocycles. The van der Waals surface area contributed by atoms with Crippen molar-refractivity contribution < 1.29 is 9.90 Å². The summed E-state index contributed by atoms with van der Waals surface area (Å²) < 4.78 is 0.712. The molecule has 0 aliphatic heterocycles. The fourth-order valence-electron chi connectivity index (χ4n) is 2.51. The Morgan fingerprint density at radius 3 is 2.84 bits per heavy atom. The lowest BCUT2D eigenvalue weighted by atomic mass is 9.85. The van der Waals surface area contributed by atoms with Crippen LogP contribution >= 0.6 is 27.5 Å². The van der Waals surface area contributed by atoms with Crippen molar-refractivity contribution in [2.75, 3.05) is 6.61 Å². The van der Waals surface area contributed by atoms with Gasteiger partial charge in [-0.05, 0) is 47.0 Å². The van der Waals surface area contributed by atoms with Gasteiger partial charge in [0.05, 0.1) is 5.02 Å². The molecule has 1 aliphatic rings. The van der Waals surface area contributed by atoms with Gasteiger partial charge in [-0.25, -0.2) is 0 Å². The number of amides is 1. The second-order valence-corrected chi connectivity index (χ2v) is 6.20. The van der Waals surface area contributed by atoms with Crippen molar-refractivity contribution in [2.45, 2.75) is 31.7 Å². The summed E-state index contributed by atoms with van der Waals surface area (Å²) in [7, 11) is 0. The van der Waals surface area contributed by atoms with Crippen LogP contribution < -0.4 is 5.32 Å². The molecule has 2 unspecified atom stereocenters. The number of carbonyl (C=O) groups excluding carboxylic acids is 1. The highest BCUT2D eigenvalue weighted by Gasteiger charge is 2.26. The maximum Gasteiger partial charge on any atom is 0.251 e. The monoisotopic (exact) mass is 345 g/mol. The Morgan fingerprint density at radius 1 is 1.42 bits per heavy atom. The van der Waals surface area contributed by atoms with E-state index in [1.54, 1.807) is 18.2 Å². The summed E-state index contributed by atoms with van der Waals surface area (Å²) in [6, 6.07) is 5.19. The molecule has 1 aromatic carbocycles. The summed E-state index contributed by atoms with van der Waals surface area (Å²) in [6.45, 7) is 0.134. The number of aliphatic hydroxyl groups is 1. The molecule has 0 radical (unpaired) electrons. The Labute approximate surface area is 126 Å². The summed E-state index contributed by atoms with van der Waals surface area (Å²) in [5.74, 6) is 0.0659. The Hall–Kier alpha value is -0.580. The molecule has 1 aliphatic carbocycles. The number of hydrogen-bond donors (Lipinski definition) is 2. The molecule has 0 aromatic heterocycles. The Balaban J connectivity index is 2.05. The first-order valence-corrected chi connectivity index (χ1v) is 7.65. The van der Waals surface area contributed by atoms with Gasteiger partial charge in [0.2, 0.25) is 0 Å². The third kappa shape index (κ3) is 3.71. The van der Waals surface area contributed by atoms with E-state index in [0.717, 1.165) is 25.7 Å². The van der Waals surface area contributed by atoms with Crippen LogP contribution in [0.25, 0.3) is 0 Å². The smallest absolute Gasteiger partial charge is 0.251 e. The third-order valence-corrected chi connectivity index (χ3v) is 4.86. The molecular weight excluding hydrogens is 330 g/mol. The highest BCUT2D eigenvalue weighted by Crippen LogP contribution is 2.26. The maximum atomic E-state index is 12.2. The van der Waals surface area contributed by atoms with Gasteiger partial charge < -0.3 is 10.4 Å². The van der Waals surface area contributed by atoms with Crippen LogP contribution in [0.4, 0.5) is 0 Å². The van der Waals surface area contributed by atoms with Crippen LogP contribution in [-0.4, -0.2) is 23.7 Å². The Bertz CT molecular complexity index is 467. The molecule has 5 heteroatoms. The van der Waals surface area contributed by atoms with Gasteiger partial charge in [-0.2, -0.15) is 0 Å². The fourth-order valence-corrected chi connectivity index (χ4v) is 3.00. The standard InChI is InChI=1S/C14H17BrClNO2/c15-11-7-9(5-6-12(11)16)14(19)17-13-4-2-1-3-10(13)8-18/h5-7,10,13,18H,1-4,8H2,(H,17,19). The van der Waals surface area contributed by atoms with E-state index in [0.29, 0.717) is 15.1 Å². The van der Waals surface area contributed by atoms with Gasteiger partial charge in [0.15, 0.2) is 0 Å². The number of carbonyl (C=O) groups is 1. The molecule has 0 spiro atoms. The lowest BCUT2D eigenvalue weighted by Gasteiger charge is -2.30. The first kappa shape index (κ1) is 14.8. The van der Waals surface area contributed by atoms with Crippen LogP contribution in [0.3, 0.4) is 0 Å². The number of benzene rings is 1. The van der Waals surface area contributed by atoms with E-state index in [2.05, 4.69) is 21.2 Å². The van der Waals surface area contributed by atoms with Crippen LogP contribution in [-0.2, 0) is 0 Å². The van der Waals surface area contributed by atoms with Crippen LogP contribution in [0, 0.1) is 5.92 Å². The first-order valence-electron chi connectivity index (χ1n) is 6.48. The molecule has 104 valence electrons. The predicted molar refractivity (Wildman–Crippen MR) is 79.5 cm³/mol. The fraction of sp³-hybridized carbons (Fsp3) is 0.500. The summed E-state index contributed by atoms with van der Waals surface area (Å²) >= 11 is 9.22. The van der Waals surface area contributed by atoms with Crippen molar-refractivity contribution in [3.05, 3.63) is 33.3 Å². The summed E-state index contributed by atoms with van der Waals surface area (Å²) in [4.78, 5) is 12.2. The molecule has 19 heavy (non-hydrogen) atoms. The molecule has 3 nitrogen and oxygen atoms in total. The Morgan fingerprint density at radius 2 is 2.16 bits per heavy atom. The second kappa shape index (κ2) is 6.73. The average molecular weight is 347 g/mol. The topological polar surface area (TPSA) is 49.3 Å². The van der Waals surface area contributed by atoms with E-state index in [4.69, 9.17) is 11.6 Å². The number of halogens is 2. The number of nitrogens with one attached hydrogen (secondary N) is 1. The second-order valence-electron chi connectivity index (χ2n) is 4.94. The first-order chi connectivity index (χ1) is 9.11. The van der Waals surface area contributed by atoms with Gasteiger partial charge in [-0.15, -0.1) is 0 Å². The van der Waals surface area contributed by atoms with Crippen LogP contribution in [0.5, 0.6) is 0 Å². The van der Waals surface area contributed by atoms with Gasteiger partial charge in [0.25, 0.3) is 5.91 Å². The quantitative estimate of drug-likeness (QED) is 0.881. The zero-order chi connectivity index (χ0) is 13.8. The van der Waals surface area contributed by atoms with Gasteiger partial charge in [-0.3, -0.25) is 4.79 Å². The minimum absolute atomic E-state index is 0.0701. The van der Waals surface area contributed by atoms with Crippen LogP contribution in [0.1, 0.15) is 36.0 Å². The highest BCUT2D eigenvalue weighted by molar-refractivity contribution is 9.10. The van der Waals surface area contributed by atoms with E-state index < -0.39 is 0 Å². The molecule has 2 rings (SSSR count). The summed E-state index contributed by atoms with van der Waals surface area (Å²) in [5.41, 5.74) is 0.582. The molecule has 1 aromatic rings. The molecule has 0 heterocycles. The summed E-state index contributed by atoms with van der Waals surface area (Å²) in [6.07, 6.45) is 4.15. The molecule has 0 saturated heterocycles. The third-order valence-electron chi connectivity index (χ3n) is 3.64.